The van der Waals surface area contributed by atoms with Crippen LogP contribution in [0.1, 0.15) is 79.6 Å². The highest BCUT2D eigenvalue weighted by Crippen LogP contribution is 2.30. The van der Waals surface area contributed by atoms with Crippen molar-refractivity contribution in [1.82, 2.24) is 30.2 Å². The van der Waals surface area contributed by atoms with Gasteiger partial charge in [-0.05, 0) is 46.2 Å². The minimum atomic E-state index is -0.964. The summed E-state index contributed by atoms with van der Waals surface area (Å²) in [5, 5.41) is 7.35. The quantitative estimate of drug-likeness (QED) is 0.172. The van der Waals surface area contributed by atoms with E-state index in [4.69, 9.17) is 16.2 Å². The van der Waals surface area contributed by atoms with Gasteiger partial charge in [-0.25, -0.2) is 4.39 Å². The van der Waals surface area contributed by atoms with E-state index in [0.717, 1.165) is 65.1 Å². The Labute approximate surface area is 260 Å². The number of hydrogen-bond acceptors (Lipinski definition) is 9. The zero-order valence-electron chi connectivity index (χ0n) is 27.7. The maximum Gasteiger partial charge on any atom is 0.229 e. The molecule has 0 aromatic heterocycles. The predicted molar refractivity (Wildman–Crippen MR) is 171 cm³/mol. The van der Waals surface area contributed by atoms with E-state index in [9.17, 15) is 9.18 Å². The average Bonchev–Trinajstić information content (AvgIpc) is 2.95. The van der Waals surface area contributed by atoms with Crippen LogP contribution in [-0.4, -0.2) is 139 Å². The SMILES string of the molecule is CCCCCCC1NCCC(N2CCN(C3COC3)CC2C)C1NC(=O)C(C(N)N)C1N(CC)CC(F)CN1C(C)CC. The van der Waals surface area contributed by atoms with Crippen LogP contribution in [0.25, 0.3) is 0 Å². The van der Waals surface area contributed by atoms with E-state index in [1.165, 1.54) is 19.3 Å². The number of amides is 1. The molecule has 0 radical (unpaired) electrons. The molecule has 4 fully saturated rings. The van der Waals surface area contributed by atoms with Crippen molar-refractivity contribution < 1.29 is 13.9 Å². The van der Waals surface area contributed by atoms with Crippen molar-refractivity contribution in [3.63, 3.8) is 0 Å². The lowest BCUT2D eigenvalue weighted by atomic mass is 9.86. The molecule has 4 rings (SSSR count). The normalized spacial score (nSPS) is 33.8. The highest BCUT2D eigenvalue weighted by molar-refractivity contribution is 5.80. The van der Waals surface area contributed by atoms with Crippen molar-refractivity contribution in [2.45, 2.75) is 134 Å². The van der Waals surface area contributed by atoms with Crippen molar-refractivity contribution >= 4 is 5.91 Å². The highest BCUT2D eigenvalue weighted by Gasteiger charge is 2.47. The number of ether oxygens (including phenoxy) is 1. The lowest BCUT2D eigenvalue weighted by Gasteiger charge is -2.53. The van der Waals surface area contributed by atoms with Crippen molar-refractivity contribution in [3.8, 4) is 0 Å². The molecule has 0 aliphatic carbocycles. The average molecular weight is 611 g/mol. The summed E-state index contributed by atoms with van der Waals surface area (Å²) in [4.78, 5) is 23.9. The molecule has 250 valence electrons. The van der Waals surface area contributed by atoms with E-state index in [-0.39, 0.29) is 36.2 Å². The summed E-state index contributed by atoms with van der Waals surface area (Å²) < 4.78 is 20.4. The van der Waals surface area contributed by atoms with Crippen molar-refractivity contribution in [2.24, 2.45) is 17.4 Å². The Morgan fingerprint density at radius 2 is 1.86 bits per heavy atom. The highest BCUT2D eigenvalue weighted by atomic mass is 19.1. The summed E-state index contributed by atoms with van der Waals surface area (Å²) in [6.45, 7) is 17.7. The summed E-state index contributed by atoms with van der Waals surface area (Å²) in [5.41, 5.74) is 12.9. The Bertz CT molecular complexity index is 850. The van der Waals surface area contributed by atoms with Crippen molar-refractivity contribution in [2.75, 3.05) is 59.0 Å². The van der Waals surface area contributed by atoms with Crippen molar-refractivity contribution in [3.05, 3.63) is 0 Å². The van der Waals surface area contributed by atoms with Gasteiger partial charge in [0.2, 0.25) is 5.91 Å². The number of piperidine rings is 1. The van der Waals surface area contributed by atoms with Gasteiger partial charge in [0.05, 0.1) is 43.5 Å². The fourth-order valence-corrected chi connectivity index (χ4v) is 8.05. The molecular formula is C32H63FN8O2. The fourth-order valence-electron chi connectivity index (χ4n) is 8.05. The maximum atomic E-state index is 14.9. The van der Waals surface area contributed by atoms with Gasteiger partial charge in [0.25, 0.3) is 0 Å². The molecule has 0 saturated carbocycles. The number of alkyl halides is 1. The summed E-state index contributed by atoms with van der Waals surface area (Å²) >= 11 is 0. The Kier molecular flexibility index (Phi) is 13.5. The van der Waals surface area contributed by atoms with Crippen LogP contribution in [0.4, 0.5) is 4.39 Å². The molecule has 0 bridgehead atoms. The van der Waals surface area contributed by atoms with Gasteiger partial charge in [-0.15, -0.1) is 0 Å². The van der Waals surface area contributed by atoms with Crippen LogP contribution in [0.15, 0.2) is 0 Å². The number of piperazine rings is 1. The van der Waals surface area contributed by atoms with Gasteiger partial charge < -0.3 is 26.8 Å². The fraction of sp³-hybridized carbons (Fsp3) is 0.969. The van der Waals surface area contributed by atoms with Gasteiger partial charge in [-0.2, -0.15) is 0 Å². The van der Waals surface area contributed by atoms with Crippen LogP contribution < -0.4 is 22.1 Å². The largest absolute Gasteiger partial charge is 0.378 e. The number of rotatable bonds is 14. The maximum absolute atomic E-state index is 14.9. The molecule has 8 unspecified atom stereocenters. The molecule has 4 aliphatic heterocycles. The molecule has 0 aromatic carbocycles. The van der Waals surface area contributed by atoms with Gasteiger partial charge >= 0.3 is 0 Å². The molecule has 4 aliphatic rings. The Balaban J connectivity index is 1.57. The van der Waals surface area contributed by atoms with Gasteiger partial charge in [0, 0.05) is 56.9 Å². The molecule has 0 spiro atoms. The molecule has 8 atom stereocenters. The lowest BCUT2D eigenvalue weighted by Crippen LogP contribution is -2.72. The monoisotopic (exact) mass is 611 g/mol. The number of halogens is 1. The van der Waals surface area contributed by atoms with E-state index in [1.54, 1.807) is 0 Å². The van der Waals surface area contributed by atoms with Gasteiger partial charge in [-0.1, -0.05) is 46.5 Å². The number of nitrogens with zero attached hydrogens (tertiary/aromatic N) is 4. The van der Waals surface area contributed by atoms with Crippen LogP contribution in [0.3, 0.4) is 0 Å². The predicted octanol–water partition coefficient (Wildman–Crippen LogP) is 1.54. The zero-order chi connectivity index (χ0) is 31.1. The minimum absolute atomic E-state index is 0.0465. The van der Waals surface area contributed by atoms with Crippen molar-refractivity contribution in [1.29, 1.82) is 0 Å². The lowest BCUT2D eigenvalue weighted by molar-refractivity contribution is -0.141. The Morgan fingerprint density at radius 3 is 2.47 bits per heavy atom. The van der Waals surface area contributed by atoms with E-state index < -0.39 is 18.3 Å². The van der Waals surface area contributed by atoms with E-state index >= 15 is 0 Å². The first-order valence-corrected chi connectivity index (χ1v) is 17.5. The van der Waals surface area contributed by atoms with Crippen LogP contribution in [0, 0.1) is 5.92 Å². The second-order valence-electron chi connectivity index (χ2n) is 13.7. The summed E-state index contributed by atoms with van der Waals surface area (Å²) in [6, 6.07) is 1.42. The standard InChI is InChI=1S/C32H63FN8O2/c1-6-9-10-11-12-26-29(27(13-14-36-26)40-16-15-39(17-23(40)5)25-20-43-21-25)37-31(42)28(30(34)35)32-38(8-3)18-24(33)19-41(32)22(4)7-2/h22-30,32,36H,6-21,34-35H2,1-5H3,(H,37,42). The Hall–Kier alpha value is -0.920. The van der Waals surface area contributed by atoms with Crippen LogP contribution in [0.2, 0.25) is 0 Å². The summed E-state index contributed by atoms with van der Waals surface area (Å²) in [5.74, 6) is -0.767. The van der Waals surface area contributed by atoms with Crippen LogP contribution >= 0.6 is 0 Å². The number of carbonyl (C=O) groups is 1. The Morgan fingerprint density at radius 1 is 1.09 bits per heavy atom. The van der Waals surface area contributed by atoms with E-state index in [1.807, 2.05) is 6.92 Å². The molecule has 0 aromatic rings. The third-order valence-electron chi connectivity index (χ3n) is 10.8. The third kappa shape index (κ3) is 8.47. The first-order chi connectivity index (χ1) is 20.7. The number of carbonyl (C=O) groups excluding carboxylic acids is 1. The number of nitrogens with one attached hydrogen (secondary N) is 2. The molecule has 10 nitrogen and oxygen atoms in total. The first kappa shape index (κ1) is 34.9. The topological polar surface area (TPSA) is 115 Å². The molecule has 43 heavy (non-hydrogen) atoms. The van der Waals surface area contributed by atoms with Crippen LogP contribution in [-0.2, 0) is 9.53 Å². The summed E-state index contributed by atoms with van der Waals surface area (Å²) in [6.07, 6.45) is 5.50. The molecule has 11 heteroatoms. The number of hydrogen-bond donors (Lipinski definition) is 4. The second kappa shape index (κ2) is 16.6. The van der Waals surface area contributed by atoms with E-state index in [0.29, 0.717) is 31.7 Å². The molecular weight excluding hydrogens is 547 g/mol. The zero-order valence-corrected chi connectivity index (χ0v) is 27.7. The second-order valence-corrected chi connectivity index (χ2v) is 13.7. The number of nitrogens with two attached hydrogens (primary N) is 2. The summed E-state index contributed by atoms with van der Waals surface area (Å²) in [7, 11) is 0. The molecule has 1 amide bonds. The van der Waals surface area contributed by atoms with Gasteiger partial charge in [0.15, 0.2) is 0 Å². The first-order valence-electron chi connectivity index (χ1n) is 17.5. The van der Waals surface area contributed by atoms with E-state index in [2.05, 4.69) is 57.9 Å². The number of unbranched alkanes of at least 4 members (excludes halogenated alkanes) is 3. The molecule has 4 heterocycles. The molecule has 4 saturated heterocycles. The molecule has 6 N–H and O–H groups in total. The third-order valence-corrected chi connectivity index (χ3v) is 10.8. The smallest absolute Gasteiger partial charge is 0.229 e. The van der Waals surface area contributed by atoms with Crippen LogP contribution in [0.5, 0.6) is 0 Å². The van der Waals surface area contributed by atoms with Gasteiger partial charge in [-0.3, -0.25) is 24.4 Å². The van der Waals surface area contributed by atoms with Gasteiger partial charge in [0.1, 0.15) is 6.17 Å². The minimum Gasteiger partial charge on any atom is -0.378 e.